The minimum Gasteiger partial charge on any atom is -0.496 e. The van der Waals surface area contributed by atoms with E-state index >= 15 is 0 Å². The molecule has 0 spiro atoms. The van der Waals surface area contributed by atoms with Crippen molar-refractivity contribution in [2.45, 2.75) is 60.8 Å². The summed E-state index contributed by atoms with van der Waals surface area (Å²) in [6.07, 6.45) is 7.13. The lowest BCUT2D eigenvalue weighted by Gasteiger charge is -2.46. The summed E-state index contributed by atoms with van der Waals surface area (Å²) in [5, 5.41) is 8.98. The Kier molecular flexibility index (Phi) is 6.96. The van der Waals surface area contributed by atoms with Crippen molar-refractivity contribution in [1.29, 1.82) is 0 Å². The molecule has 0 aromatic rings. The Balaban J connectivity index is 0.000000231. The topological polar surface area (TPSA) is 29.5 Å². The summed E-state index contributed by atoms with van der Waals surface area (Å²) in [4.78, 5) is 0. The maximum Gasteiger partial charge on any atom is 0.125 e. The number of aliphatic hydroxyl groups is 1. The van der Waals surface area contributed by atoms with Crippen LogP contribution in [0.3, 0.4) is 0 Å². The van der Waals surface area contributed by atoms with Crippen molar-refractivity contribution in [1.82, 2.24) is 0 Å². The van der Waals surface area contributed by atoms with Crippen LogP contribution in [0.15, 0.2) is 34.9 Å². The molecule has 0 amide bonds. The molecule has 23 heavy (non-hydrogen) atoms. The van der Waals surface area contributed by atoms with Crippen LogP contribution in [0.1, 0.15) is 60.8 Å². The Morgan fingerprint density at radius 1 is 1.09 bits per heavy atom. The number of methoxy groups -OCH3 is 1. The molecule has 2 aliphatic rings. The zero-order chi connectivity index (χ0) is 17.7. The van der Waals surface area contributed by atoms with E-state index in [0.717, 1.165) is 12.3 Å². The van der Waals surface area contributed by atoms with E-state index in [-0.39, 0.29) is 12.0 Å². The van der Waals surface area contributed by atoms with Gasteiger partial charge in [-0.05, 0) is 59.7 Å². The van der Waals surface area contributed by atoms with E-state index in [2.05, 4.69) is 46.1 Å². The summed E-state index contributed by atoms with van der Waals surface area (Å²) in [5.74, 6) is 1.29. The number of allylic oxidation sites excluding steroid dienone is 2. The lowest BCUT2D eigenvalue weighted by atomic mass is 9.58. The van der Waals surface area contributed by atoms with Crippen molar-refractivity contribution >= 4 is 0 Å². The van der Waals surface area contributed by atoms with Gasteiger partial charge in [0, 0.05) is 6.61 Å². The predicted molar refractivity (Wildman–Crippen MR) is 97.0 cm³/mol. The highest BCUT2D eigenvalue weighted by atomic mass is 16.5. The molecule has 2 heteroatoms. The number of rotatable bonds is 3. The molecule has 0 aliphatic heterocycles. The quantitative estimate of drug-likeness (QED) is 0.568. The highest BCUT2D eigenvalue weighted by Crippen LogP contribution is 2.51. The van der Waals surface area contributed by atoms with Crippen molar-refractivity contribution in [3.63, 3.8) is 0 Å². The largest absolute Gasteiger partial charge is 0.496 e. The summed E-state index contributed by atoms with van der Waals surface area (Å²) in [7, 11) is 1.61. The molecule has 130 valence electrons. The second kappa shape index (κ2) is 8.06. The van der Waals surface area contributed by atoms with E-state index in [1.54, 1.807) is 13.4 Å². The van der Waals surface area contributed by atoms with Crippen LogP contribution in [0.25, 0.3) is 0 Å². The first-order valence-electron chi connectivity index (χ1n) is 8.74. The molecule has 0 aromatic carbocycles. The van der Waals surface area contributed by atoms with Gasteiger partial charge in [-0.1, -0.05) is 46.8 Å². The van der Waals surface area contributed by atoms with Crippen LogP contribution < -0.4 is 0 Å². The Morgan fingerprint density at radius 2 is 1.61 bits per heavy atom. The van der Waals surface area contributed by atoms with Crippen LogP contribution in [0, 0.1) is 22.7 Å². The van der Waals surface area contributed by atoms with Gasteiger partial charge in [0.15, 0.2) is 0 Å². The molecular formula is C21H34O2. The van der Waals surface area contributed by atoms with E-state index in [9.17, 15) is 0 Å². The average Bonchev–Trinajstić information content (AvgIpc) is 2.51. The van der Waals surface area contributed by atoms with Gasteiger partial charge in [0.25, 0.3) is 0 Å². The molecular weight excluding hydrogens is 284 g/mol. The molecule has 2 nitrogen and oxygen atoms in total. The lowest BCUT2D eigenvalue weighted by Crippen LogP contribution is -2.39. The number of aliphatic hydroxyl groups excluding tert-OH is 1. The average molecular weight is 319 g/mol. The second-order valence-electron chi connectivity index (χ2n) is 7.72. The first-order valence-corrected chi connectivity index (χ1v) is 8.74. The number of hydrogen-bond donors (Lipinski definition) is 1. The van der Waals surface area contributed by atoms with Crippen LogP contribution in [0.4, 0.5) is 0 Å². The zero-order valence-corrected chi connectivity index (χ0v) is 16.0. The molecule has 2 aliphatic carbocycles. The molecule has 0 saturated heterocycles. The van der Waals surface area contributed by atoms with E-state index in [4.69, 9.17) is 9.84 Å². The highest BCUT2D eigenvalue weighted by molar-refractivity contribution is 5.24. The van der Waals surface area contributed by atoms with Gasteiger partial charge in [0.05, 0.1) is 7.11 Å². The van der Waals surface area contributed by atoms with Gasteiger partial charge in [0.2, 0.25) is 0 Å². The lowest BCUT2D eigenvalue weighted by molar-refractivity contribution is 0.0850. The molecule has 1 N–H and O–H groups in total. The van der Waals surface area contributed by atoms with Crippen molar-refractivity contribution in [2.24, 2.45) is 22.7 Å². The molecule has 0 aromatic heterocycles. The van der Waals surface area contributed by atoms with Crippen LogP contribution >= 0.6 is 0 Å². The summed E-state index contributed by atoms with van der Waals surface area (Å²) in [5.41, 5.74) is 9.69. The van der Waals surface area contributed by atoms with Gasteiger partial charge in [-0.2, -0.15) is 0 Å². The SMILES string of the molecule is CC=C=C1CC(CC)C1(C)C.COC=C=C1CC(CO)C1(C)C. The molecule has 0 bridgehead atoms. The summed E-state index contributed by atoms with van der Waals surface area (Å²) in [6, 6.07) is 0. The van der Waals surface area contributed by atoms with Crippen molar-refractivity contribution in [2.75, 3.05) is 13.7 Å². The molecule has 0 heterocycles. The molecule has 2 fully saturated rings. The first kappa shape index (κ1) is 19.8. The fourth-order valence-electron chi connectivity index (χ4n) is 3.50. The Bertz CT molecular complexity index is 524. The van der Waals surface area contributed by atoms with E-state index < -0.39 is 0 Å². The van der Waals surface area contributed by atoms with Gasteiger partial charge in [-0.3, -0.25) is 0 Å². The summed E-state index contributed by atoms with van der Waals surface area (Å²) < 4.78 is 4.79. The van der Waals surface area contributed by atoms with Crippen LogP contribution in [0.5, 0.6) is 0 Å². The Labute approximate surface area is 142 Å². The summed E-state index contributed by atoms with van der Waals surface area (Å²) >= 11 is 0. The van der Waals surface area contributed by atoms with E-state index in [1.165, 1.54) is 24.0 Å². The van der Waals surface area contributed by atoms with Gasteiger partial charge in [-0.25, -0.2) is 0 Å². The van der Waals surface area contributed by atoms with Gasteiger partial charge in [0.1, 0.15) is 6.26 Å². The maximum absolute atomic E-state index is 8.98. The molecule has 2 rings (SSSR count). The highest BCUT2D eigenvalue weighted by Gasteiger charge is 2.43. The minimum atomic E-state index is 0.101. The van der Waals surface area contributed by atoms with Crippen molar-refractivity contribution in [3.05, 3.63) is 34.9 Å². The first-order chi connectivity index (χ1) is 10.7. The third kappa shape index (κ3) is 4.21. The molecule has 0 radical (unpaired) electrons. The number of ether oxygens (including phenoxy) is 1. The Hall–Kier alpha value is -1.20. The smallest absolute Gasteiger partial charge is 0.125 e. The standard InChI is InChI=1S/C11H18.C10H16O2/c1-5-7-10-8-9(6-2)11(10,3)4;1-10(2)8(4-5-12-3)6-9(10)7-11/h5,9H,6,8H2,1-4H3;5,9,11H,6-7H2,1-3H3. The van der Waals surface area contributed by atoms with Crippen LogP contribution in [-0.2, 0) is 4.74 Å². The Morgan fingerprint density at radius 3 is 2.00 bits per heavy atom. The zero-order valence-electron chi connectivity index (χ0n) is 16.0. The molecule has 2 saturated carbocycles. The molecule has 2 unspecified atom stereocenters. The third-order valence-electron chi connectivity index (χ3n) is 5.88. The van der Waals surface area contributed by atoms with E-state index in [0.29, 0.717) is 11.3 Å². The van der Waals surface area contributed by atoms with Crippen molar-refractivity contribution in [3.8, 4) is 0 Å². The fourth-order valence-corrected chi connectivity index (χ4v) is 3.50. The van der Waals surface area contributed by atoms with E-state index in [1.807, 2.05) is 13.0 Å². The predicted octanol–water partition coefficient (Wildman–Crippen LogP) is 5.25. The van der Waals surface area contributed by atoms with Gasteiger partial charge < -0.3 is 9.84 Å². The maximum atomic E-state index is 8.98. The minimum absolute atomic E-state index is 0.101. The second-order valence-corrected chi connectivity index (χ2v) is 7.72. The van der Waals surface area contributed by atoms with Gasteiger partial charge >= 0.3 is 0 Å². The van der Waals surface area contributed by atoms with Crippen LogP contribution in [-0.4, -0.2) is 18.8 Å². The van der Waals surface area contributed by atoms with Crippen LogP contribution in [0.2, 0.25) is 0 Å². The van der Waals surface area contributed by atoms with Gasteiger partial charge in [-0.15, -0.1) is 5.73 Å². The number of hydrogen-bond acceptors (Lipinski definition) is 2. The monoisotopic (exact) mass is 318 g/mol. The van der Waals surface area contributed by atoms with Crippen molar-refractivity contribution < 1.29 is 9.84 Å². The third-order valence-corrected chi connectivity index (χ3v) is 5.88. The normalized spacial score (nSPS) is 26.4. The summed E-state index contributed by atoms with van der Waals surface area (Å²) in [6.45, 7) is 13.5. The fraction of sp³-hybridized carbons (Fsp3) is 0.714. The molecule has 2 atom stereocenters.